The zero-order valence-corrected chi connectivity index (χ0v) is 10.6. The molecule has 1 nitrogen and oxygen atoms in total. The van der Waals surface area contributed by atoms with Gasteiger partial charge in [0.1, 0.15) is 5.82 Å². The third kappa shape index (κ3) is 4.95. The maximum Gasteiger partial charge on any atom is 0.142 e. The largest absolute Gasteiger partial charge is 0.316 e. The molecule has 1 N–H and O–H groups in total. The lowest BCUT2D eigenvalue weighted by atomic mass is 10.1. The van der Waals surface area contributed by atoms with E-state index in [1.165, 1.54) is 6.07 Å². The van der Waals surface area contributed by atoms with Gasteiger partial charge in [0.05, 0.1) is 5.02 Å². The average Bonchev–Trinajstić information content (AvgIpc) is 2.22. The molecule has 90 valence electrons. The first-order chi connectivity index (χ1) is 7.59. The van der Waals surface area contributed by atoms with E-state index in [4.69, 9.17) is 11.6 Å². The number of hydrogen-bond acceptors (Lipinski definition) is 1. The first kappa shape index (κ1) is 13.5. The van der Waals surface area contributed by atoms with Crippen molar-refractivity contribution >= 4 is 11.6 Å². The maximum atomic E-state index is 13.1. The van der Waals surface area contributed by atoms with Crippen molar-refractivity contribution in [2.75, 3.05) is 13.1 Å². The van der Waals surface area contributed by atoms with Gasteiger partial charge in [-0.1, -0.05) is 31.5 Å². The molecule has 0 aliphatic carbocycles. The molecule has 0 radical (unpaired) electrons. The van der Waals surface area contributed by atoms with Crippen LogP contribution in [-0.4, -0.2) is 13.1 Å². The van der Waals surface area contributed by atoms with Crippen molar-refractivity contribution in [2.45, 2.75) is 26.7 Å². The average molecular weight is 244 g/mol. The van der Waals surface area contributed by atoms with Gasteiger partial charge >= 0.3 is 0 Å². The smallest absolute Gasteiger partial charge is 0.142 e. The van der Waals surface area contributed by atoms with Crippen molar-refractivity contribution in [1.82, 2.24) is 5.32 Å². The lowest BCUT2D eigenvalue weighted by molar-refractivity contribution is 0.542. The first-order valence-corrected chi connectivity index (χ1v) is 6.12. The van der Waals surface area contributed by atoms with Gasteiger partial charge in [-0.15, -0.1) is 0 Å². The standard InChI is InChI=1S/C13H19ClFN/c1-10(2)9-16-7-3-4-11-5-6-12(14)13(15)8-11/h5-6,8,10,16H,3-4,7,9H2,1-2H3. The van der Waals surface area contributed by atoms with Crippen molar-refractivity contribution in [1.29, 1.82) is 0 Å². The second-order valence-corrected chi connectivity index (χ2v) is 4.86. The zero-order chi connectivity index (χ0) is 12.0. The van der Waals surface area contributed by atoms with Crippen LogP contribution in [0.25, 0.3) is 0 Å². The second kappa shape index (κ2) is 6.87. The van der Waals surface area contributed by atoms with E-state index in [-0.39, 0.29) is 10.8 Å². The Hall–Kier alpha value is -0.600. The fourth-order valence-electron chi connectivity index (χ4n) is 1.50. The van der Waals surface area contributed by atoms with Gasteiger partial charge in [-0.3, -0.25) is 0 Å². The van der Waals surface area contributed by atoms with Crippen LogP contribution in [0.3, 0.4) is 0 Å². The van der Waals surface area contributed by atoms with Crippen LogP contribution < -0.4 is 5.32 Å². The fraction of sp³-hybridized carbons (Fsp3) is 0.538. The predicted octanol–water partition coefficient (Wildman–Crippen LogP) is 3.66. The molecular formula is C13H19ClFN. The summed E-state index contributed by atoms with van der Waals surface area (Å²) in [7, 11) is 0. The zero-order valence-electron chi connectivity index (χ0n) is 9.89. The summed E-state index contributed by atoms with van der Waals surface area (Å²) in [5.74, 6) is 0.349. The molecule has 1 rings (SSSR count). The summed E-state index contributed by atoms with van der Waals surface area (Å²) < 4.78 is 13.1. The molecule has 0 aliphatic heterocycles. The topological polar surface area (TPSA) is 12.0 Å². The van der Waals surface area contributed by atoms with Gasteiger partial charge in [-0.25, -0.2) is 4.39 Å². The Morgan fingerprint density at radius 3 is 2.75 bits per heavy atom. The number of rotatable bonds is 6. The summed E-state index contributed by atoms with van der Waals surface area (Å²) >= 11 is 5.61. The van der Waals surface area contributed by atoms with E-state index in [0.717, 1.165) is 31.5 Å². The molecule has 1 aromatic carbocycles. The monoisotopic (exact) mass is 243 g/mol. The van der Waals surface area contributed by atoms with Crippen LogP contribution in [0.5, 0.6) is 0 Å². The number of benzene rings is 1. The highest BCUT2D eigenvalue weighted by Gasteiger charge is 2.00. The third-order valence-corrected chi connectivity index (χ3v) is 2.66. The van der Waals surface area contributed by atoms with E-state index in [0.29, 0.717) is 5.92 Å². The molecule has 0 amide bonds. The Kier molecular flexibility index (Phi) is 5.78. The SMILES string of the molecule is CC(C)CNCCCc1ccc(Cl)c(F)c1. The fourth-order valence-corrected chi connectivity index (χ4v) is 1.62. The van der Waals surface area contributed by atoms with Crippen LogP contribution in [0.4, 0.5) is 4.39 Å². The molecule has 3 heteroatoms. The van der Waals surface area contributed by atoms with E-state index < -0.39 is 0 Å². The van der Waals surface area contributed by atoms with Gasteiger partial charge in [0.2, 0.25) is 0 Å². The first-order valence-electron chi connectivity index (χ1n) is 5.74. The molecule has 0 aliphatic rings. The summed E-state index contributed by atoms with van der Waals surface area (Å²) in [6.07, 6.45) is 1.91. The molecule has 0 saturated heterocycles. The molecule has 0 saturated carbocycles. The Balaban J connectivity index is 2.24. The van der Waals surface area contributed by atoms with Crippen LogP contribution in [0, 0.1) is 11.7 Å². The molecule has 0 heterocycles. The minimum Gasteiger partial charge on any atom is -0.316 e. The van der Waals surface area contributed by atoms with Gasteiger partial charge in [0.25, 0.3) is 0 Å². The summed E-state index contributed by atoms with van der Waals surface area (Å²) in [4.78, 5) is 0. The van der Waals surface area contributed by atoms with Crippen LogP contribution in [-0.2, 0) is 6.42 Å². The summed E-state index contributed by atoms with van der Waals surface area (Å²) in [6, 6.07) is 5.02. The van der Waals surface area contributed by atoms with Gasteiger partial charge in [-0.2, -0.15) is 0 Å². The Morgan fingerprint density at radius 2 is 2.12 bits per heavy atom. The van der Waals surface area contributed by atoms with E-state index in [1.807, 2.05) is 6.07 Å². The van der Waals surface area contributed by atoms with E-state index in [2.05, 4.69) is 19.2 Å². The van der Waals surface area contributed by atoms with Crippen molar-refractivity contribution in [3.8, 4) is 0 Å². The van der Waals surface area contributed by atoms with Crippen LogP contribution in [0.1, 0.15) is 25.8 Å². The molecule has 0 aromatic heterocycles. The molecule has 16 heavy (non-hydrogen) atoms. The predicted molar refractivity (Wildman–Crippen MR) is 67.4 cm³/mol. The van der Waals surface area contributed by atoms with E-state index in [1.54, 1.807) is 6.07 Å². The minimum absolute atomic E-state index is 0.196. The maximum absolute atomic E-state index is 13.1. The Bertz CT molecular complexity index is 326. The van der Waals surface area contributed by atoms with Crippen molar-refractivity contribution < 1.29 is 4.39 Å². The number of hydrogen-bond donors (Lipinski definition) is 1. The molecule has 0 unspecified atom stereocenters. The van der Waals surface area contributed by atoms with Gasteiger partial charge in [0, 0.05) is 0 Å². The lowest BCUT2D eigenvalue weighted by Gasteiger charge is -2.07. The van der Waals surface area contributed by atoms with E-state index in [9.17, 15) is 4.39 Å². The third-order valence-electron chi connectivity index (χ3n) is 2.36. The number of nitrogens with one attached hydrogen (secondary N) is 1. The molecule has 0 bridgehead atoms. The van der Waals surface area contributed by atoms with Crippen molar-refractivity contribution in [3.63, 3.8) is 0 Å². The molecule has 0 spiro atoms. The lowest BCUT2D eigenvalue weighted by Crippen LogP contribution is -2.21. The number of aryl methyl sites for hydroxylation is 1. The Morgan fingerprint density at radius 1 is 1.38 bits per heavy atom. The molecule has 0 fully saturated rings. The molecule has 0 atom stereocenters. The van der Waals surface area contributed by atoms with Gasteiger partial charge < -0.3 is 5.32 Å². The number of halogens is 2. The van der Waals surface area contributed by atoms with Gasteiger partial charge in [0.15, 0.2) is 0 Å². The molecular weight excluding hydrogens is 225 g/mol. The van der Waals surface area contributed by atoms with Crippen LogP contribution >= 0.6 is 11.6 Å². The van der Waals surface area contributed by atoms with Crippen LogP contribution in [0.2, 0.25) is 5.02 Å². The highest BCUT2D eigenvalue weighted by molar-refractivity contribution is 6.30. The van der Waals surface area contributed by atoms with Crippen molar-refractivity contribution in [3.05, 3.63) is 34.6 Å². The Labute approximate surface area is 102 Å². The minimum atomic E-state index is -0.325. The summed E-state index contributed by atoms with van der Waals surface area (Å²) in [5, 5.41) is 3.56. The van der Waals surface area contributed by atoms with Crippen molar-refractivity contribution in [2.24, 2.45) is 5.92 Å². The normalized spacial score (nSPS) is 11.1. The quantitative estimate of drug-likeness (QED) is 0.752. The summed E-state index contributed by atoms with van der Waals surface area (Å²) in [5.41, 5.74) is 1.01. The molecule has 1 aromatic rings. The highest BCUT2D eigenvalue weighted by Crippen LogP contribution is 2.16. The second-order valence-electron chi connectivity index (χ2n) is 4.45. The van der Waals surface area contributed by atoms with Gasteiger partial charge in [-0.05, 0) is 49.5 Å². The summed E-state index contributed by atoms with van der Waals surface area (Å²) in [6.45, 7) is 6.38. The van der Waals surface area contributed by atoms with E-state index >= 15 is 0 Å². The highest BCUT2D eigenvalue weighted by atomic mass is 35.5. The van der Waals surface area contributed by atoms with Crippen LogP contribution in [0.15, 0.2) is 18.2 Å².